The van der Waals surface area contributed by atoms with Gasteiger partial charge in [0.05, 0.1) is 17.6 Å². The van der Waals surface area contributed by atoms with Crippen LogP contribution in [0.4, 0.5) is 0 Å². The van der Waals surface area contributed by atoms with E-state index in [0.717, 1.165) is 19.3 Å². The van der Waals surface area contributed by atoms with E-state index in [1.807, 2.05) is 0 Å². The van der Waals surface area contributed by atoms with E-state index in [9.17, 15) is 19.2 Å². The second kappa shape index (κ2) is 11.0. The van der Waals surface area contributed by atoms with Gasteiger partial charge in [0, 0.05) is 18.7 Å². The number of esters is 1. The van der Waals surface area contributed by atoms with Gasteiger partial charge in [-0.05, 0) is 75.4 Å². The Labute approximate surface area is 208 Å². The summed E-state index contributed by atoms with van der Waals surface area (Å²) in [6.45, 7) is 11.8. The maximum absolute atomic E-state index is 12.9. The summed E-state index contributed by atoms with van der Waals surface area (Å²) in [4.78, 5) is 51.0. The fraction of sp³-hybridized carbons (Fsp3) is 0.643. The third kappa shape index (κ3) is 6.18. The van der Waals surface area contributed by atoms with E-state index < -0.39 is 5.91 Å². The summed E-state index contributed by atoms with van der Waals surface area (Å²) in [5.74, 6) is -0.997. The fourth-order valence-electron chi connectivity index (χ4n) is 5.63. The summed E-state index contributed by atoms with van der Waals surface area (Å²) in [6.07, 6.45) is 9.10. The van der Waals surface area contributed by atoms with Crippen LogP contribution in [0.3, 0.4) is 0 Å². The Morgan fingerprint density at radius 3 is 2.26 bits per heavy atom. The van der Waals surface area contributed by atoms with E-state index in [4.69, 9.17) is 9.47 Å². The number of likely N-dealkylation sites (tertiary alicyclic amines) is 1. The lowest BCUT2D eigenvalue weighted by atomic mass is 9.70. The number of imide groups is 1. The number of ketones is 1. The van der Waals surface area contributed by atoms with Gasteiger partial charge < -0.3 is 9.47 Å². The third-order valence-corrected chi connectivity index (χ3v) is 7.68. The van der Waals surface area contributed by atoms with Gasteiger partial charge in [-0.25, -0.2) is 0 Å². The summed E-state index contributed by atoms with van der Waals surface area (Å²) in [6, 6.07) is -0.263. The molecule has 3 aliphatic rings. The minimum Gasteiger partial charge on any atom is -0.462 e. The summed E-state index contributed by atoms with van der Waals surface area (Å²) in [7, 11) is 1.75. The van der Waals surface area contributed by atoms with Crippen molar-refractivity contribution in [1.29, 1.82) is 0 Å². The van der Waals surface area contributed by atoms with E-state index in [0.29, 0.717) is 31.6 Å². The highest BCUT2D eigenvalue weighted by Crippen LogP contribution is 2.41. The minimum atomic E-state index is -0.397. The highest BCUT2D eigenvalue weighted by Gasteiger charge is 2.44. The van der Waals surface area contributed by atoms with Crippen LogP contribution in [0.5, 0.6) is 0 Å². The Morgan fingerprint density at radius 2 is 1.69 bits per heavy atom. The van der Waals surface area contributed by atoms with Crippen molar-refractivity contribution in [2.75, 3.05) is 7.11 Å². The smallest absolute Gasteiger partial charge is 0.309 e. The molecule has 35 heavy (non-hydrogen) atoms. The average Bonchev–Trinajstić information content (AvgIpc) is 3.01. The molecule has 3 atom stereocenters. The predicted octanol–water partition coefficient (Wildman–Crippen LogP) is 4.31. The topological polar surface area (TPSA) is 90.0 Å². The Hall–Kier alpha value is -2.54. The van der Waals surface area contributed by atoms with Crippen molar-refractivity contribution in [2.45, 2.75) is 90.9 Å². The summed E-state index contributed by atoms with van der Waals surface area (Å²) in [5.41, 5.74) is 0.427. The van der Waals surface area contributed by atoms with Crippen molar-refractivity contribution in [1.82, 2.24) is 4.90 Å². The summed E-state index contributed by atoms with van der Waals surface area (Å²) in [5, 5.41) is 0. The largest absolute Gasteiger partial charge is 0.462 e. The van der Waals surface area contributed by atoms with Crippen molar-refractivity contribution in [2.24, 2.45) is 17.3 Å². The molecule has 0 aromatic carbocycles. The number of carbonyl (C=O) groups excluding carboxylic acids is 4. The first-order chi connectivity index (χ1) is 16.4. The molecule has 3 fully saturated rings. The second-order valence-electron chi connectivity index (χ2n) is 11.1. The quantitative estimate of drug-likeness (QED) is 0.316. The number of carbonyl (C=O) groups is 4. The lowest BCUT2D eigenvalue weighted by Gasteiger charge is -2.42. The maximum atomic E-state index is 12.9. The maximum Gasteiger partial charge on any atom is 0.309 e. The van der Waals surface area contributed by atoms with Crippen molar-refractivity contribution in [3.8, 4) is 0 Å². The molecule has 7 nitrogen and oxygen atoms in total. The molecular formula is C28H39NO6. The van der Waals surface area contributed by atoms with Crippen molar-refractivity contribution < 1.29 is 28.7 Å². The molecule has 0 spiro atoms. The molecular weight excluding hydrogens is 446 g/mol. The SMILES string of the molecule is C=C1C(=O)N(C2CCC(C(=O)OC3CCC(OC)C(C(C)(C)C)C3)CC2)C(=O)/C1=C/C=C/C(C)=O. The number of amides is 2. The normalized spacial score (nSPS) is 31.5. The molecule has 3 rings (SSSR count). The van der Waals surface area contributed by atoms with Gasteiger partial charge in [0.2, 0.25) is 0 Å². The molecule has 0 aromatic rings. The van der Waals surface area contributed by atoms with Gasteiger partial charge in [0.25, 0.3) is 11.8 Å². The first-order valence-corrected chi connectivity index (χ1v) is 12.6. The van der Waals surface area contributed by atoms with Gasteiger partial charge in [-0.1, -0.05) is 33.4 Å². The van der Waals surface area contributed by atoms with Crippen LogP contribution >= 0.6 is 0 Å². The van der Waals surface area contributed by atoms with Gasteiger partial charge in [-0.3, -0.25) is 24.1 Å². The standard InChI is InChI=1S/C28H39NO6/c1-17(30)8-7-9-22-18(2)25(31)29(26(22)32)20-12-10-19(11-13-20)27(33)35-21-14-15-24(34-6)23(16-21)28(3,4)5/h7-9,19-21,23-24H,2,10-16H2,1,3-6H3/b8-7+,22-9+. The number of hydrogen-bond acceptors (Lipinski definition) is 6. The molecule has 0 bridgehead atoms. The van der Waals surface area contributed by atoms with Gasteiger partial charge in [0.1, 0.15) is 6.10 Å². The second-order valence-corrected chi connectivity index (χ2v) is 11.1. The Bertz CT molecular complexity index is 932. The van der Waals surface area contributed by atoms with E-state index >= 15 is 0 Å². The van der Waals surface area contributed by atoms with Crippen LogP contribution in [-0.2, 0) is 28.7 Å². The number of allylic oxidation sites excluding steroid dienone is 3. The predicted molar refractivity (Wildman–Crippen MR) is 132 cm³/mol. The average molecular weight is 486 g/mol. The summed E-state index contributed by atoms with van der Waals surface area (Å²) < 4.78 is 11.6. The Kier molecular flexibility index (Phi) is 8.52. The molecule has 0 N–H and O–H groups in total. The van der Waals surface area contributed by atoms with Crippen LogP contribution in [0, 0.1) is 17.3 Å². The van der Waals surface area contributed by atoms with Crippen LogP contribution in [0.25, 0.3) is 0 Å². The molecule has 1 aliphatic heterocycles. The molecule has 192 valence electrons. The van der Waals surface area contributed by atoms with Crippen LogP contribution in [-0.4, -0.2) is 53.8 Å². The fourth-order valence-corrected chi connectivity index (χ4v) is 5.63. The molecule has 2 aliphatic carbocycles. The summed E-state index contributed by atoms with van der Waals surface area (Å²) >= 11 is 0. The number of ether oxygens (including phenoxy) is 2. The third-order valence-electron chi connectivity index (χ3n) is 7.68. The number of rotatable bonds is 6. The molecule has 2 amide bonds. The zero-order chi connectivity index (χ0) is 25.9. The molecule has 0 aromatic heterocycles. The van der Waals surface area contributed by atoms with Crippen molar-refractivity contribution >= 4 is 23.6 Å². The monoisotopic (exact) mass is 485 g/mol. The van der Waals surface area contributed by atoms with E-state index in [1.54, 1.807) is 7.11 Å². The van der Waals surface area contributed by atoms with Crippen LogP contribution < -0.4 is 0 Å². The van der Waals surface area contributed by atoms with E-state index in [2.05, 4.69) is 27.4 Å². The number of hydrogen-bond donors (Lipinski definition) is 0. The minimum absolute atomic E-state index is 0.0672. The first kappa shape index (κ1) is 27.1. The highest BCUT2D eigenvalue weighted by atomic mass is 16.5. The molecule has 3 unspecified atom stereocenters. The van der Waals surface area contributed by atoms with Gasteiger partial charge in [-0.15, -0.1) is 0 Å². The van der Waals surface area contributed by atoms with Crippen molar-refractivity contribution in [3.63, 3.8) is 0 Å². The Morgan fingerprint density at radius 1 is 1.03 bits per heavy atom. The van der Waals surface area contributed by atoms with E-state index in [-0.39, 0.29) is 58.4 Å². The van der Waals surface area contributed by atoms with Gasteiger partial charge >= 0.3 is 5.97 Å². The zero-order valence-corrected chi connectivity index (χ0v) is 21.7. The highest BCUT2D eigenvalue weighted by molar-refractivity contribution is 6.24. The molecule has 1 saturated heterocycles. The number of methoxy groups -OCH3 is 1. The lowest BCUT2D eigenvalue weighted by molar-refractivity contribution is -0.162. The number of nitrogens with zero attached hydrogens (tertiary/aromatic N) is 1. The van der Waals surface area contributed by atoms with Crippen LogP contribution in [0.1, 0.15) is 72.6 Å². The van der Waals surface area contributed by atoms with Gasteiger partial charge in [-0.2, -0.15) is 0 Å². The van der Waals surface area contributed by atoms with Crippen LogP contribution in [0.2, 0.25) is 0 Å². The first-order valence-electron chi connectivity index (χ1n) is 12.6. The molecule has 0 radical (unpaired) electrons. The van der Waals surface area contributed by atoms with Crippen LogP contribution in [0.15, 0.2) is 36.0 Å². The Balaban J connectivity index is 1.56. The molecule has 7 heteroatoms. The van der Waals surface area contributed by atoms with Crippen molar-refractivity contribution in [3.05, 3.63) is 36.0 Å². The molecule has 1 heterocycles. The van der Waals surface area contributed by atoms with Gasteiger partial charge in [0.15, 0.2) is 5.78 Å². The van der Waals surface area contributed by atoms with E-state index in [1.165, 1.54) is 30.1 Å². The lowest BCUT2D eigenvalue weighted by Crippen LogP contribution is -2.44. The molecule has 2 saturated carbocycles. The zero-order valence-electron chi connectivity index (χ0n) is 21.7.